The number of nitrogens with zero attached hydrogens (tertiary/aromatic N) is 3. The van der Waals surface area contributed by atoms with E-state index in [1.54, 1.807) is 0 Å². The molecule has 0 unspecified atom stereocenters. The minimum Gasteiger partial charge on any atom is -0.349 e. The van der Waals surface area contributed by atoms with Gasteiger partial charge >= 0.3 is 0 Å². The second-order valence-electron chi connectivity index (χ2n) is 7.43. The third-order valence-electron chi connectivity index (χ3n) is 5.23. The van der Waals surface area contributed by atoms with Gasteiger partial charge in [0.25, 0.3) is 0 Å². The van der Waals surface area contributed by atoms with Crippen LogP contribution in [0.4, 0.5) is 0 Å². The van der Waals surface area contributed by atoms with Gasteiger partial charge in [-0.05, 0) is 43.4 Å². The van der Waals surface area contributed by atoms with E-state index in [-0.39, 0.29) is 11.9 Å². The van der Waals surface area contributed by atoms with Crippen molar-refractivity contribution in [3.8, 4) is 11.1 Å². The molecule has 0 aliphatic heterocycles. The Labute approximate surface area is 175 Å². The second-order valence-corrected chi connectivity index (χ2v) is 8.37. The van der Waals surface area contributed by atoms with Gasteiger partial charge in [0, 0.05) is 12.5 Å². The molecular formula is C23H26N4OS. The van der Waals surface area contributed by atoms with E-state index in [0.717, 1.165) is 23.1 Å². The molecule has 1 aliphatic rings. The van der Waals surface area contributed by atoms with Crippen LogP contribution in [-0.4, -0.2) is 26.4 Å². The van der Waals surface area contributed by atoms with Crippen molar-refractivity contribution in [2.75, 3.05) is 5.75 Å². The number of benzene rings is 2. The molecule has 0 spiro atoms. The lowest BCUT2D eigenvalue weighted by Gasteiger charge is -2.15. The summed E-state index contributed by atoms with van der Waals surface area (Å²) in [6.45, 7) is 4.95. The first-order valence-electron chi connectivity index (χ1n) is 10.2. The minimum absolute atomic E-state index is 0.00765. The standard InChI is InChI=1S/C23H26N4OS/c1-3-27-22(20-13-14-20)25-26-23(27)29-15-21(28)24-16(2)17-9-11-19(12-10-17)18-7-5-4-6-8-18/h4-12,16,20H,3,13-15H2,1-2H3,(H,24,28)/t16-/m0/s1. The quantitative estimate of drug-likeness (QED) is 0.545. The first-order valence-corrected chi connectivity index (χ1v) is 11.1. The van der Waals surface area contributed by atoms with Crippen LogP contribution in [0.15, 0.2) is 59.8 Å². The largest absolute Gasteiger partial charge is 0.349 e. The summed E-state index contributed by atoms with van der Waals surface area (Å²) in [7, 11) is 0. The average molecular weight is 407 g/mol. The Morgan fingerprint density at radius 3 is 2.45 bits per heavy atom. The van der Waals surface area contributed by atoms with Crippen LogP contribution in [0.2, 0.25) is 0 Å². The smallest absolute Gasteiger partial charge is 0.230 e. The predicted octanol–water partition coefficient (Wildman–Crippen LogP) is 4.81. The lowest BCUT2D eigenvalue weighted by Crippen LogP contribution is -2.28. The molecule has 1 heterocycles. The summed E-state index contributed by atoms with van der Waals surface area (Å²) in [5.74, 6) is 1.98. The number of amides is 1. The third kappa shape index (κ3) is 4.70. The van der Waals surface area contributed by atoms with Crippen LogP contribution in [0.1, 0.15) is 50.0 Å². The number of rotatable bonds is 8. The number of carbonyl (C=O) groups is 1. The maximum absolute atomic E-state index is 12.5. The molecule has 0 radical (unpaired) electrons. The SMILES string of the molecule is CCn1c(SCC(=O)N[C@@H](C)c2ccc(-c3ccccc3)cc2)nnc1C1CC1. The fourth-order valence-corrected chi connectivity index (χ4v) is 4.26. The molecule has 1 N–H and O–H groups in total. The molecule has 150 valence electrons. The van der Waals surface area contributed by atoms with Gasteiger partial charge in [0.2, 0.25) is 5.91 Å². The summed E-state index contributed by atoms with van der Waals surface area (Å²) < 4.78 is 2.14. The number of carbonyl (C=O) groups excluding carboxylic acids is 1. The normalized spacial score (nSPS) is 14.6. The van der Waals surface area contributed by atoms with Crippen molar-refractivity contribution in [2.24, 2.45) is 0 Å². The maximum Gasteiger partial charge on any atom is 0.230 e. The molecular weight excluding hydrogens is 380 g/mol. The summed E-state index contributed by atoms with van der Waals surface area (Å²) in [6.07, 6.45) is 2.40. The fourth-order valence-electron chi connectivity index (χ4n) is 3.44. The molecule has 5 nitrogen and oxygen atoms in total. The van der Waals surface area contributed by atoms with Gasteiger partial charge in [0.15, 0.2) is 5.16 Å². The third-order valence-corrected chi connectivity index (χ3v) is 6.20. The van der Waals surface area contributed by atoms with Gasteiger partial charge < -0.3 is 9.88 Å². The Balaban J connectivity index is 1.32. The van der Waals surface area contributed by atoms with Crippen molar-refractivity contribution in [3.63, 3.8) is 0 Å². The summed E-state index contributed by atoms with van der Waals surface area (Å²) in [5, 5.41) is 12.5. The van der Waals surface area contributed by atoms with Crippen molar-refractivity contribution in [1.82, 2.24) is 20.1 Å². The summed E-state index contributed by atoms with van der Waals surface area (Å²) in [6, 6.07) is 18.6. The van der Waals surface area contributed by atoms with E-state index < -0.39 is 0 Å². The number of thioether (sulfide) groups is 1. The van der Waals surface area contributed by atoms with Crippen molar-refractivity contribution in [1.29, 1.82) is 0 Å². The van der Waals surface area contributed by atoms with Gasteiger partial charge in [-0.1, -0.05) is 66.4 Å². The van der Waals surface area contributed by atoms with Gasteiger partial charge in [-0.2, -0.15) is 0 Å². The van der Waals surface area contributed by atoms with Gasteiger partial charge in [-0.25, -0.2) is 0 Å². The summed E-state index contributed by atoms with van der Waals surface area (Å²) in [5.41, 5.74) is 3.46. The molecule has 1 aromatic heterocycles. The van der Waals surface area contributed by atoms with Crippen LogP contribution in [-0.2, 0) is 11.3 Å². The molecule has 6 heteroatoms. The molecule has 1 aliphatic carbocycles. The lowest BCUT2D eigenvalue weighted by atomic mass is 10.0. The van der Waals surface area contributed by atoms with Gasteiger partial charge in [-0.15, -0.1) is 10.2 Å². The van der Waals surface area contributed by atoms with E-state index in [2.05, 4.69) is 63.4 Å². The first-order chi connectivity index (χ1) is 14.2. The molecule has 0 saturated heterocycles. The van der Waals surface area contributed by atoms with Crippen LogP contribution >= 0.6 is 11.8 Å². The first kappa shape index (κ1) is 19.7. The van der Waals surface area contributed by atoms with Crippen molar-refractivity contribution in [3.05, 3.63) is 66.0 Å². The predicted molar refractivity (Wildman–Crippen MR) is 117 cm³/mol. The number of hydrogen-bond donors (Lipinski definition) is 1. The Hall–Kier alpha value is -2.60. The fraction of sp³-hybridized carbons (Fsp3) is 0.348. The molecule has 1 saturated carbocycles. The van der Waals surface area contributed by atoms with Crippen LogP contribution in [0.5, 0.6) is 0 Å². The van der Waals surface area contributed by atoms with E-state index >= 15 is 0 Å². The molecule has 3 aromatic rings. The van der Waals surface area contributed by atoms with Crippen molar-refractivity contribution in [2.45, 2.75) is 50.4 Å². The Morgan fingerprint density at radius 1 is 1.10 bits per heavy atom. The highest BCUT2D eigenvalue weighted by Crippen LogP contribution is 2.40. The van der Waals surface area contributed by atoms with Crippen LogP contribution in [0.3, 0.4) is 0 Å². The van der Waals surface area contributed by atoms with Crippen molar-refractivity contribution >= 4 is 17.7 Å². The highest BCUT2D eigenvalue weighted by Gasteiger charge is 2.30. The minimum atomic E-state index is -0.0426. The number of aromatic nitrogens is 3. The Morgan fingerprint density at radius 2 is 1.79 bits per heavy atom. The highest BCUT2D eigenvalue weighted by molar-refractivity contribution is 7.99. The zero-order chi connectivity index (χ0) is 20.2. The van der Waals surface area contributed by atoms with E-state index in [1.165, 1.54) is 35.7 Å². The number of nitrogens with one attached hydrogen (secondary N) is 1. The average Bonchev–Trinajstić information content (AvgIpc) is 3.52. The van der Waals surface area contributed by atoms with Crippen LogP contribution < -0.4 is 5.32 Å². The van der Waals surface area contributed by atoms with E-state index in [9.17, 15) is 4.79 Å². The maximum atomic E-state index is 12.5. The molecule has 1 amide bonds. The Bertz CT molecular complexity index is 964. The molecule has 4 rings (SSSR count). The van der Waals surface area contributed by atoms with E-state index in [0.29, 0.717) is 11.7 Å². The molecule has 1 fully saturated rings. The van der Waals surface area contributed by atoms with Crippen LogP contribution in [0, 0.1) is 0 Å². The van der Waals surface area contributed by atoms with Gasteiger partial charge in [0.05, 0.1) is 11.8 Å². The van der Waals surface area contributed by atoms with Gasteiger partial charge in [0.1, 0.15) is 5.82 Å². The van der Waals surface area contributed by atoms with Crippen LogP contribution in [0.25, 0.3) is 11.1 Å². The lowest BCUT2D eigenvalue weighted by molar-refractivity contribution is -0.119. The number of hydrogen-bond acceptors (Lipinski definition) is 4. The topological polar surface area (TPSA) is 59.8 Å². The highest BCUT2D eigenvalue weighted by atomic mass is 32.2. The zero-order valence-electron chi connectivity index (χ0n) is 16.8. The molecule has 2 aromatic carbocycles. The van der Waals surface area contributed by atoms with Gasteiger partial charge in [-0.3, -0.25) is 4.79 Å². The van der Waals surface area contributed by atoms with E-state index in [1.807, 2.05) is 25.1 Å². The molecule has 29 heavy (non-hydrogen) atoms. The molecule has 1 atom stereocenters. The second kappa shape index (κ2) is 8.82. The summed E-state index contributed by atoms with van der Waals surface area (Å²) in [4.78, 5) is 12.5. The Kier molecular flexibility index (Phi) is 6.00. The zero-order valence-corrected chi connectivity index (χ0v) is 17.7. The monoisotopic (exact) mass is 406 g/mol. The molecule has 0 bridgehead atoms. The van der Waals surface area contributed by atoms with E-state index in [4.69, 9.17) is 0 Å². The van der Waals surface area contributed by atoms with Crippen molar-refractivity contribution < 1.29 is 4.79 Å². The summed E-state index contributed by atoms with van der Waals surface area (Å²) >= 11 is 1.46.